The second-order valence-corrected chi connectivity index (χ2v) is 3.41. The Morgan fingerprint density at radius 2 is 1.82 bits per heavy atom. The van der Waals surface area contributed by atoms with E-state index in [1.165, 1.54) is 0 Å². The summed E-state index contributed by atoms with van der Waals surface area (Å²) in [6.07, 6.45) is -0.281. The van der Waals surface area contributed by atoms with Crippen molar-refractivity contribution < 1.29 is 9.84 Å². The highest BCUT2D eigenvalue weighted by Crippen LogP contribution is 2.19. The molecule has 1 heterocycles. The Morgan fingerprint density at radius 1 is 1.06 bits per heavy atom. The van der Waals surface area contributed by atoms with Gasteiger partial charge in [0.05, 0.1) is 6.61 Å². The summed E-state index contributed by atoms with van der Waals surface area (Å²) in [5.41, 5.74) is 0.931. The van der Waals surface area contributed by atoms with Crippen LogP contribution in [-0.2, 0) is 4.74 Å². The maximum Gasteiger partial charge on any atom is 0.148 e. The molecule has 0 unspecified atom stereocenters. The lowest BCUT2D eigenvalue weighted by Crippen LogP contribution is -1.95. The van der Waals surface area contributed by atoms with Crippen molar-refractivity contribution in [2.45, 2.75) is 12.2 Å². The van der Waals surface area contributed by atoms with Gasteiger partial charge in [-0.2, -0.15) is 0 Å². The number of epoxide rings is 1. The van der Waals surface area contributed by atoms with Gasteiger partial charge in [-0.05, 0) is 35.8 Å². The first-order chi connectivity index (χ1) is 8.40. The van der Waals surface area contributed by atoms with Crippen molar-refractivity contribution in [2.75, 3.05) is 6.61 Å². The van der Waals surface area contributed by atoms with Gasteiger partial charge in [0.2, 0.25) is 0 Å². The number of hydrogen-bond donors (Lipinski definition) is 1. The molecule has 1 saturated heterocycles. The number of ether oxygens (including phenoxy) is 1. The van der Waals surface area contributed by atoms with Crippen molar-refractivity contribution >= 4 is 0 Å². The zero-order valence-corrected chi connectivity index (χ0v) is 9.10. The van der Waals surface area contributed by atoms with E-state index in [0.717, 1.165) is 5.56 Å². The van der Waals surface area contributed by atoms with Crippen LogP contribution >= 0.6 is 0 Å². The Balaban J connectivity index is 1.85. The Morgan fingerprint density at radius 3 is 2.53 bits per heavy atom. The zero-order chi connectivity index (χ0) is 11.9. The molecule has 0 aliphatic carbocycles. The summed E-state index contributed by atoms with van der Waals surface area (Å²) in [5, 5.41) is 8.69. The van der Waals surface area contributed by atoms with Gasteiger partial charge in [0.15, 0.2) is 0 Å². The van der Waals surface area contributed by atoms with Crippen LogP contribution in [0, 0.1) is 35.5 Å². The minimum Gasteiger partial charge on any atom is -0.394 e. The van der Waals surface area contributed by atoms with Crippen LogP contribution in [0.15, 0.2) is 30.3 Å². The van der Waals surface area contributed by atoms with Crippen LogP contribution in [0.4, 0.5) is 0 Å². The van der Waals surface area contributed by atoms with Gasteiger partial charge in [0.1, 0.15) is 12.2 Å². The minimum atomic E-state index is -0.156. The predicted molar refractivity (Wildman–Crippen MR) is 64.6 cm³/mol. The van der Waals surface area contributed by atoms with Crippen LogP contribution in [0.1, 0.15) is 5.56 Å². The lowest BCUT2D eigenvalue weighted by atomic mass is 10.2. The zero-order valence-electron chi connectivity index (χ0n) is 9.10. The van der Waals surface area contributed by atoms with Crippen molar-refractivity contribution in [1.82, 2.24) is 0 Å². The molecule has 1 aromatic rings. The molecule has 0 spiro atoms. The lowest BCUT2D eigenvalue weighted by Gasteiger charge is -1.83. The van der Waals surface area contributed by atoms with Crippen molar-refractivity contribution in [3.05, 3.63) is 35.9 Å². The van der Waals surface area contributed by atoms with Gasteiger partial charge in [-0.15, -0.1) is 0 Å². The normalized spacial score (nSPS) is 19.8. The van der Waals surface area contributed by atoms with E-state index in [4.69, 9.17) is 9.84 Å². The van der Waals surface area contributed by atoms with E-state index in [2.05, 4.69) is 35.5 Å². The highest BCUT2D eigenvalue weighted by molar-refractivity contribution is 5.42. The lowest BCUT2D eigenvalue weighted by molar-refractivity contribution is 0.243. The van der Waals surface area contributed by atoms with E-state index in [1.54, 1.807) is 0 Å². The smallest absolute Gasteiger partial charge is 0.148 e. The van der Waals surface area contributed by atoms with Gasteiger partial charge >= 0.3 is 0 Å². The maximum absolute atomic E-state index is 8.69. The first kappa shape index (κ1) is 11.3. The molecule has 2 nitrogen and oxygen atoms in total. The summed E-state index contributed by atoms with van der Waals surface area (Å²) in [7, 11) is 0. The van der Waals surface area contributed by atoms with E-state index in [9.17, 15) is 0 Å². The molecule has 0 radical (unpaired) electrons. The number of hydrogen-bond acceptors (Lipinski definition) is 2. The molecular formula is C15H10O2. The Kier molecular flexibility index (Phi) is 3.85. The minimum absolute atomic E-state index is 0.0145. The molecule has 1 aliphatic rings. The third-order valence-corrected chi connectivity index (χ3v) is 2.14. The molecule has 0 saturated carbocycles. The molecule has 1 aliphatic heterocycles. The SMILES string of the molecule is OC[C@H]1O[C@@H]1C#CC#CC#Cc1ccccc1. The number of aliphatic hydroxyl groups is 1. The van der Waals surface area contributed by atoms with Crippen LogP contribution < -0.4 is 0 Å². The molecule has 82 valence electrons. The molecule has 2 atom stereocenters. The average Bonchev–Trinajstić information content (AvgIpc) is 3.13. The summed E-state index contributed by atoms with van der Waals surface area (Å²) < 4.78 is 5.01. The number of benzene rings is 1. The largest absolute Gasteiger partial charge is 0.394 e. The fourth-order valence-electron chi connectivity index (χ4n) is 1.20. The van der Waals surface area contributed by atoms with Crippen molar-refractivity contribution in [3.8, 4) is 35.5 Å². The average molecular weight is 222 g/mol. The number of aliphatic hydroxyl groups excluding tert-OH is 1. The van der Waals surface area contributed by atoms with E-state index >= 15 is 0 Å². The molecule has 1 fully saturated rings. The van der Waals surface area contributed by atoms with Gasteiger partial charge < -0.3 is 9.84 Å². The maximum atomic E-state index is 8.69. The summed E-state index contributed by atoms with van der Waals surface area (Å²) in [6, 6.07) is 9.64. The summed E-state index contributed by atoms with van der Waals surface area (Å²) in [4.78, 5) is 0. The summed E-state index contributed by atoms with van der Waals surface area (Å²) in [5.74, 6) is 16.3. The highest BCUT2D eigenvalue weighted by Gasteiger charge is 2.36. The predicted octanol–water partition coefficient (Wildman–Crippen LogP) is 0.805. The van der Waals surface area contributed by atoms with Crippen LogP contribution in [0.2, 0.25) is 0 Å². The van der Waals surface area contributed by atoms with Crippen LogP contribution in [0.3, 0.4) is 0 Å². The van der Waals surface area contributed by atoms with E-state index < -0.39 is 0 Å². The van der Waals surface area contributed by atoms with Crippen LogP contribution in [-0.4, -0.2) is 23.9 Å². The van der Waals surface area contributed by atoms with Gasteiger partial charge in [-0.25, -0.2) is 0 Å². The van der Waals surface area contributed by atoms with E-state index in [-0.39, 0.29) is 18.8 Å². The van der Waals surface area contributed by atoms with Gasteiger partial charge in [-0.1, -0.05) is 30.0 Å². The monoisotopic (exact) mass is 222 g/mol. The molecular weight excluding hydrogens is 212 g/mol. The third-order valence-electron chi connectivity index (χ3n) is 2.14. The Hall–Kier alpha value is -2.18. The standard InChI is InChI=1S/C15H10O2/c16-12-15-14(17-15)11-7-2-1-4-8-13-9-5-3-6-10-13/h3,5-6,9-10,14-16H,12H2/t14-,15-/m1/s1. The fraction of sp³-hybridized carbons (Fsp3) is 0.200. The molecule has 0 aromatic heterocycles. The Labute approximate surface area is 101 Å². The van der Waals surface area contributed by atoms with Crippen molar-refractivity contribution in [2.24, 2.45) is 0 Å². The van der Waals surface area contributed by atoms with Gasteiger partial charge in [0, 0.05) is 5.56 Å². The Bertz CT molecular complexity index is 555. The van der Waals surface area contributed by atoms with Crippen LogP contribution in [0.25, 0.3) is 0 Å². The topological polar surface area (TPSA) is 32.8 Å². The molecule has 0 bridgehead atoms. The summed E-state index contributed by atoms with van der Waals surface area (Å²) >= 11 is 0. The molecule has 0 amide bonds. The van der Waals surface area contributed by atoms with Crippen molar-refractivity contribution in [1.29, 1.82) is 0 Å². The highest BCUT2D eigenvalue weighted by atomic mass is 16.6. The molecule has 2 heteroatoms. The summed E-state index contributed by atoms with van der Waals surface area (Å²) in [6.45, 7) is 0.0145. The molecule has 2 rings (SSSR count). The number of rotatable bonds is 1. The first-order valence-electron chi connectivity index (χ1n) is 5.23. The fourth-order valence-corrected chi connectivity index (χ4v) is 1.20. The molecule has 1 aromatic carbocycles. The second kappa shape index (κ2) is 5.78. The first-order valence-corrected chi connectivity index (χ1v) is 5.23. The van der Waals surface area contributed by atoms with Gasteiger partial charge in [-0.3, -0.25) is 0 Å². The van der Waals surface area contributed by atoms with Crippen LogP contribution in [0.5, 0.6) is 0 Å². The van der Waals surface area contributed by atoms with Gasteiger partial charge in [0.25, 0.3) is 0 Å². The quantitative estimate of drug-likeness (QED) is 0.563. The molecule has 17 heavy (non-hydrogen) atoms. The molecule has 1 N–H and O–H groups in total. The van der Waals surface area contributed by atoms with E-state index in [0.29, 0.717) is 0 Å². The third kappa shape index (κ3) is 3.71. The van der Waals surface area contributed by atoms with E-state index in [1.807, 2.05) is 30.3 Å². The second-order valence-electron chi connectivity index (χ2n) is 3.41. The van der Waals surface area contributed by atoms with Crippen molar-refractivity contribution in [3.63, 3.8) is 0 Å².